The van der Waals surface area contributed by atoms with Gasteiger partial charge in [0.1, 0.15) is 0 Å². The van der Waals surface area contributed by atoms with Crippen LogP contribution in [0.5, 0.6) is 0 Å². The first-order chi connectivity index (χ1) is 5.13. The Morgan fingerprint density at radius 1 is 1.55 bits per heavy atom. The van der Waals surface area contributed by atoms with Crippen molar-refractivity contribution >= 4 is 40.0 Å². The van der Waals surface area contributed by atoms with Gasteiger partial charge < -0.3 is 5.32 Å². The molecule has 0 fully saturated rings. The minimum atomic E-state index is -0.627. The lowest BCUT2D eigenvalue weighted by Gasteiger charge is -2.11. The Labute approximate surface area is 78.8 Å². The highest BCUT2D eigenvalue weighted by molar-refractivity contribution is 6.70. The van der Waals surface area contributed by atoms with Gasteiger partial charge in [-0.2, -0.15) is 0 Å². The van der Waals surface area contributed by atoms with Gasteiger partial charge in [-0.25, -0.2) is 0 Å². The minimum absolute atomic E-state index is 0.189. The lowest BCUT2D eigenvalue weighted by molar-refractivity contribution is -0.108. The zero-order valence-corrected chi connectivity index (χ0v) is 7.59. The summed E-state index contributed by atoms with van der Waals surface area (Å²) in [5, 5.41) is 2.74. The molecular formula is C6H4Cl3NO. The second kappa shape index (κ2) is 3.48. The van der Waals surface area contributed by atoms with Crippen LogP contribution in [0.3, 0.4) is 0 Å². The van der Waals surface area contributed by atoms with Crippen molar-refractivity contribution in [1.29, 1.82) is 0 Å². The fraction of sp³-hybridized carbons (Fsp3) is 0.167. The van der Waals surface area contributed by atoms with Crippen LogP contribution in [0.15, 0.2) is 21.8 Å². The summed E-state index contributed by atoms with van der Waals surface area (Å²) >= 11 is 16.5. The molecule has 0 radical (unpaired) electrons. The quantitative estimate of drug-likeness (QED) is 0.673. The average molecular weight is 212 g/mol. The van der Waals surface area contributed by atoms with Crippen LogP contribution in [0.1, 0.15) is 0 Å². The van der Waals surface area contributed by atoms with E-state index in [0.29, 0.717) is 11.6 Å². The SMILES string of the molecule is O=C(Cl)C1=C(Cl)CNC=C1Cl. The molecule has 0 unspecified atom stereocenters. The second-order valence-electron chi connectivity index (χ2n) is 1.93. The van der Waals surface area contributed by atoms with E-state index >= 15 is 0 Å². The van der Waals surface area contributed by atoms with Gasteiger partial charge in [-0.05, 0) is 11.6 Å². The van der Waals surface area contributed by atoms with E-state index in [4.69, 9.17) is 34.8 Å². The maximum absolute atomic E-state index is 10.7. The molecule has 60 valence electrons. The average Bonchev–Trinajstić information content (AvgIpc) is 1.85. The molecule has 0 spiro atoms. The third kappa shape index (κ3) is 1.89. The molecule has 1 aliphatic rings. The molecule has 1 aliphatic heterocycles. The molecule has 0 bridgehead atoms. The van der Waals surface area contributed by atoms with Gasteiger partial charge in [0.15, 0.2) is 0 Å². The maximum Gasteiger partial charge on any atom is 0.255 e. The van der Waals surface area contributed by atoms with Gasteiger partial charge in [-0.15, -0.1) is 0 Å². The van der Waals surface area contributed by atoms with Crippen LogP contribution in [-0.2, 0) is 4.79 Å². The molecule has 5 heteroatoms. The van der Waals surface area contributed by atoms with Gasteiger partial charge in [-0.3, -0.25) is 4.79 Å². The van der Waals surface area contributed by atoms with Crippen molar-refractivity contribution in [2.45, 2.75) is 0 Å². The molecule has 0 aromatic carbocycles. The third-order valence-corrected chi connectivity index (χ3v) is 2.00. The van der Waals surface area contributed by atoms with E-state index in [0.717, 1.165) is 0 Å². The van der Waals surface area contributed by atoms with Crippen LogP contribution in [-0.4, -0.2) is 11.8 Å². The Morgan fingerprint density at radius 3 is 2.55 bits per heavy atom. The van der Waals surface area contributed by atoms with Crippen LogP contribution in [0.25, 0.3) is 0 Å². The maximum atomic E-state index is 10.7. The highest BCUT2D eigenvalue weighted by atomic mass is 35.5. The molecule has 0 aromatic heterocycles. The van der Waals surface area contributed by atoms with Crippen LogP contribution in [0, 0.1) is 0 Å². The second-order valence-corrected chi connectivity index (χ2v) is 3.13. The van der Waals surface area contributed by atoms with Gasteiger partial charge in [-0.1, -0.05) is 23.2 Å². The lowest BCUT2D eigenvalue weighted by Crippen LogP contribution is -2.16. The molecule has 1 rings (SSSR count). The molecule has 0 atom stereocenters. The van der Waals surface area contributed by atoms with E-state index < -0.39 is 5.24 Å². The number of nitrogens with one attached hydrogen (secondary N) is 1. The summed E-state index contributed by atoms with van der Waals surface area (Å²) in [6, 6.07) is 0. The number of allylic oxidation sites excluding steroid dienone is 2. The van der Waals surface area contributed by atoms with Crippen molar-refractivity contribution in [1.82, 2.24) is 5.32 Å². The Morgan fingerprint density at radius 2 is 2.18 bits per heavy atom. The van der Waals surface area contributed by atoms with E-state index in [2.05, 4.69) is 5.32 Å². The van der Waals surface area contributed by atoms with Gasteiger partial charge in [0.05, 0.1) is 22.2 Å². The molecular weight excluding hydrogens is 208 g/mol. The molecule has 0 amide bonds. The standard InChI is InChI=1S/C6H4Cl3NO/c7-3-1-10-2-4(8)5(3)6(9)11/h1,10H,2H2. The molecule has 0 aliphatic carbocycles. The molecule has 0 aromatic rings. The fourth-order valence-electron chi connectivity index (χ4n) is 0.721. The summed E-state index contributed by atoms with van der Waals surface area (Å²) in [4.78, 5) is 10.7. The Kier molecular flexibility index (Phi) is 2.82. The monoisotopic (exact) mass is 211 g/mol. The van der Waals surface area contributed by atoms with Crippen LogP contribution < -0.4 is 5.32 Å². The molecule has 0 saturated heterocycles. The van der Waals surface area contributed by atoms with Gasteiger partial charge in [0.25, 0.3) is 5.24 Å². The predicted molar refractivity (Wildman–Crippen MR) is 45.7 cm³/mol. The van der Waals surface area contributed by atoms with Crippen LogP contribution >= 0.6 is 34.8 Å². The van der Waals surface area contributed by atoms with Crippen molar-refractivity contribution in [3.05, 3.63) is 21.8 Å². The van der Waals surface area contributed by atoms with E-state index in [1.807, 2.05) is 0 Å². The Balaban J connectivity index is 3.04. The number of dihydropyridines is 1. The van der Waals surface area contributed by atoms with Crippen molar-refractivity contribution in [3.63, 3.8) is 0 Å². The normalized spacial score (nSPS) is 17.5. The molecule has 2 nitrogen and oxygen atoms in total. The highest BCUT2D eigenvalue weighted by Gasteiger charge is 2.18. The van der Waals surface area contributed by atoms with Crippen molar-refractivity contribution in [2.24, 2.45) is 0 Å². The van der Waals surface area contributed by atoms with E-state index in [9.17, 15) is 4.79 Å². The number of rotatable bonds is 1. The zero-order chi connectivity index (χ0) is 8.43. The van der Waals surface area contributed by atoms with Gasteiger partial charge in [0.2, 0.25) is 0 Å². The molecule has 11 heavy (non-hydrogen) atoms. The van der Waals surface area contributed by atoms with Crippen LogP contribution in [0.2, 0.25) is 0 Å². The van der Waals surface area contributed by atoms with Gasteiger partial charge >= 0.3 is 0 Å². The van der Waals surface area contributed by atoms with Crippen molar-refractivity contribution in [3.8, 4) is 0 Å². The first kappa shape index (κ1) is 8.91. The number of hydrogen-bond acceptors (Lipinski definition) is 2. The predicted octanol–water partition coefficient (Wildman–Crippen LogP) is 1.93. The van der Waals surface area contributed by atoms with Gasteiger partial charge in [0, 0.05) is 6.20 Å². The molecule has 0 saturated carbocycles. The smallest absolute Gasteiger partial charge is 0.255 e. The van der Waals surface area contributed by atoms with Crippen molar-refractivity contribution in [2.75, 3.05) is 6.54 Å². The summed E-state index contributed by atoms with van der Waals surface area (Å²) in [7, 11) is 0. The van der Waals surface area contributed by atoms with E-state index in [-0.39, 0.29) is 10.6 Å². The Hall–Kier alpha value is -0.180. The fourth-order valence-corrected chi connectivity index (χ4v) is 1.62. The molecule has 1 N–H and O–H groups in total. The first-order valence-corrected chi connectivity index (χ1v) is 3.94. The number of hydrogen-bond donors (Lipinski definition) is 1. The number of carbonyl (C=O) groups excluding carboxylic acids is 1. The Bertz CT molecular complexity index is 257. The summed E-state index contributed by atoms with van der Waals surface area (Å²) < 4.78 is 0. The largest absolute Gasteiger partial charge is 0.385 e. The van der Waals surface area contributed by atoms with Crippen LogP contribution in [0.4, 0.5) is 0 Å². The minimum Gasteiger partial charge on any atom is -0.385 e. The summed E-state index contributed by atoms with van der Waals surface area (Å²) in [5.74, 6) is 0. The lowest BCUT2D eigenvalue weighted by atomic mass is 10.2. The summed E-state index contributed by atoms with van der Waals surface area (Å²) in [5.41, 5.74) is 0.189. The summed E-state index contributed by atoms with van der Waals surface area (Å²) in [6.07, 6.45) is 1.49. The topological polar surface area (TPSA) is 29.1 Å². The number of carbonyl (C=O) groups is 1. The number of halogens is 3. The zero-order valence-electron chi connectivity index (χ0n) is 5.33. The highest BCUT2D eigenvalue weighted by Crippen LogP contribution is 2.25. The summed E-state index contributed by atoms with van der Waals surface area (Å²) in [6.45, 7) is 0.394. The first-order valence-electron chi connectivity index (χ1n) is 2.81. The van der Waals surface area contributed by atoms with E-state index in [1.54, 1.807) is 0 Å². The van der Waals surface area contributed by atoms with E-state index in [1.165, 1.54) is 6.20 Å². The molecule has 1 heterocycles. The third-order valence-electron chi connectivity index (χ3n) is 1.19. The van der Waals surface area contributed by atoms with Crippen molar-refractivity contribution < 1.29 is 4.79 Å².